The van der Waals surface area contributed by atoms with Crippen LogP contribution in [-0.4, -0.2) is 9.78 Å². The van der Waals surface area contributed by atoms with Crippen LogP contribution < -0.4 is 5.73 Å². The molecule has 1 aromatic heterocycles. The molecule has 4 heteroatoms. The van der Waals surface area contributed by atoms with Crippen molar-refractivity contribution in [3.05, 3.63) is 46.1 Å². The Bertz CT molecular complexity index is 474. The molecule has 0 aliphatic heterocycles. The van der Waals surface area contributed by atoms with Crippen LogP contribution in [0.25, 0.3) is 0 Å². The highest BCUT2D eigenvalue weighted by atomic mass is 79.9. The number of anilines is 1. The van der Waals surface area contributed by atoms with Gasteiger partial charge in [-0.15, -0.1) is 0 Å². The molecule has 2 N–H and O–H groups in total. The van der Waals surface area contributed by atoms with Crippen molar-refractivity contribution in [1.82, 2.24) is 9.78 Å². The molecular formula is C12H14BrN3. The summed E-state index contributed by atoms with van der Waals surface area (Å²) < 4.78 is 3.05. The van der Waals surface area contributed by atoms with Crippen LogP contribution in [0.3, 0.4) is 0 Å². The first-order chi connectivity index (χ1) is 7.69. The predicted octanol–water partition coefficient (Wildman–Crippen LogP) is 2.84. The topological polar surface area (TPSA) is 43.8 Å². The first-order valence-electron chi connectivity index (χ1n) is 5.25. The van der Waals surface area contributed by atoms with Crippen LogP contribution in [0.2, 0.25) is 0 Å². The molecule has 0 aliphatic rings. The van der Waals surface area contributed by atoms with E-state index >= 15 is 0 Å². The van der Waals surface area contributed by atoms with E-state index in [1.165, 1.54) is 11.3 Å². The van der Waals surface area contributed by atoms with Gasteiger partial charge < -0.3 is 5.73 Å². The molecule has 0 spiro atoms. The molecular weight excluding hydrogens is 266 g/mol. The standard InChI is InChI=1S/C12H14BrN3/c1-2-11-7-12(14)15-16(11)8-9-3-5-10(13)6-4-9/h3-7H,2,8H2,1H3,(H2,14,15). The van der Waals surface area contributed by atoms with Crippen molar-refractivity contribution in [1.29, 1.82) is 0 Å². The van der Waals surface area contributed by atoms with E-state index < -0.39 is 0 Å². The number of hydrogen-bond acceptors (Lipinski definition) is 2. The summed E-state index contributed by atoms with van der Waals surface area (Å²) in [5.74, 6) is 0.592. The summed E-state index contributed by atoms with van der Waals surface area (Å²) in [6.45, 7) is 2.88. The van der Waals surface area contributed by atoms with E-state index in [4.69, 9.17) is 5.73 Å². The van der Waals surface area contributed by atoms with Crippen molar-refractivity contribution in [3.63, 3.8) is 0 Å². The lowest BCUT2D eigenvalue weighted by Crippen LogP contribution is -2.05. The van der Waals surface area contributed by atoms with Gasteiger partial charge in [-0.3, -0.25) is 4.68 Å². The summed E-state index contributed by atoms with van der Waals surface area (Å²) in [6.07, 6.45) is 0.945. The lowest BCUT2D eigenvalue weighted by atomic mass is 10.2. The van der Waals surface area contributed by atoms with Crippen molar-refractivity contribution in [2.75, 3.05) is 5.73 Å². The highest BCUT2D eigenvalue weighted by Crippen LogP contribution is 2.13. The second kappa shape index (κ2) is 4.70. The number of nitrogens with two attached hydrogens (primary N) is 1. The number of hydrogen-bond donors (Lipinski definition) is 1. The molecule has 0 atom stereocenters. The second-order valence-corrected chi connectivity index (χ2v) is 4.61. The van der Waals surface area contributed by atoms with Crippen molar-refractivity contribution < 1.29 is 0 Å². The fourth-order valence-electron chi connectivity index (χ4n) is 1.66. The molecule has 0 amide bonds. The lowest BCUT2D eigenvalue weighted by molar-refractivity contribution is 0.652. The summed E-state index contributed by atoms with van der Waals surface area (Å²) in [4.78, 5) is 0. The van der Waals surface area contributed by atoms with E-state index in [0.29, 0.717) is 5.82 Å². The Morgan fingerprint density at radius 1 is 1.31 bits per heavy atom. The largest absolute Gasteiger partial charge is 0.382 e. The van der Waals surface area contributed by atoms with E-state index in [0.717, 1.165) is 17.4 Å². The summed E-state index contributed by atoms with van der Waals surface area (Å²) in [7, 11) is 0. The smallest absolute Gasteiger partial charge is 0.145 e. The first-order valence-corrected chi connectivity index (χ1v) is 6.05. The number of rotatable bonds is 3. The molecule has 0 bridgehead atoms. The molecule has 2 rings (SSSR count). The van der Waals surface area contributed by atoms with Crippen LogP contribution in [0, 0.1) is 0 Å². The average molecular weight is 280 g/mol. The molecule has 0 fully saturated rings. The molecule has 3 nitrogen and oxygen atoms in total. The fourth-order valence-corrected chi connectivity index (χ4v) is 1.93. The molecule has 0 saturated heterocycles. The van der Waals surface area contributed by atoms with Gasteiger partial charge >= 0.3 is 0 Å². The molecule has 1 heterocycles. The predicted molar refractivity (Wildman–Crippen MR) is 69.3 cm³/mol. The SMILES string of the molecule is CCc1cc(N)nn1Cc1ccc(Br)cc1. The van der Waals surface area contributed by atoms with Crippen LogP contribution in [0.4, 0.5) is 5.82 Å². The minimum absolute atomic E-state index is 0.592. The number of halogens is 1. The van der Waals surface area contributed by atoms with E-state index in [1.807, 2.05) is 22.9 Å². The van der Waals surface area contributed by atoms with Crippen molar-refractivity contribution in [3.8, 4) is 0 Å². The van der Waals surface area contributed by atoms with E-state index in [-0.39, 0.29) is 0 Å². The fraction of sp³-hybridized carbons (Fsp3) is 0.250. The number of nitrogens with zero attached hydrogens (tertiary/aromatic N) is 2. The Morgan fingerprint density at radius 3 is 2.62 bits per heavy atom. The van der Waals surface area contributed by atoms with Crippen molar-refractivity contribution in [2.24, 2.45) is 0 Å². The van der Waals surface area contributed by atoms with E-state index in [9.17, 15) is 0 Å². The van der Waals surface area contributed by atoms with Gasteiger partial charge in [-0.05, 0) is 24.1 Å². The van der Waals surface area contributed by atoms with E-state index in [1.54, 1.807) is 0 Å². The minimum atomic E-state index is 0.592. The second-order valence-electron chi connectivity index (χ2n) is 3.70. The van der Waals surface area contributed by atoms with Gasteiger partial charge in [0.2, 0.25) is 0 Å². The molecule has 0 saturated carbocycles. The number of benzene rings is 1. The zero-order valence-electron chi connectivity index (χ0n) is 9.15. The van der Waals surface area contributed by atoms with Gasteiger partial charge in [0, 0.05) is 16.2 Å². The highest BCUT2D eigenvalue weighted by molar-refractivity contribution is 9.10. The maximum atomic E-state index is 5.69. The summed E-state index contributed by atoms with van der Waals surface area (Å²) in [5, 5.41) is 4.28. The van der Waals surface area contributed by atoms with Gasteiger partial charge in [0.25, 0.3) is 0 Å². The maximum absolute atomic E-state index is 5.69. The number of aromatic nitrogens is 2. The monoisotopic (exact) mass is 279 g/mol. The lowest BCUT2D eigenvalue weighted by Gasteiger charge is -2.05. The minimum Gasteiger partial charge on any atom is -0.382 e. The van der Waals surface area contributed by atoms with Crippen LogP contribution in [0.1, 0.15) is 18.2 Å². The third-order valence-corrected chi connectivity index (χ3v) is 3.02. The maximum Gasteiger partial charge on any atom is 0.145 e. The van der Waals surface area contributed by atoms with Crippen LogP contribution in [0.5, 0.6) is 0 Å². The normalized spacial score (nSPS) is 10.6. The van der Waals surface area contributed by atoms with Crippen LogP contribution >= 0.6 is 15.9 Å². The van der Waals surface area contributed by atoms with E-state index in [2.05, 4.69) is 40.1 Å². The Balaban J connectivity index is 2.22. The Labute approximate surface area is 103 Å². The zero-order chi connectivity index (χ0) is 11.5. The van der Waals surface area contributed by atoms with Gasteiger partial charge in [-0.25, -0.2) is 0 Å². The molecule has 1 aromatic carbocycles. The van der Waals surface area contributed by atoms with Crippen LogP contribution in [0.15, 0.2) is 34.8 Å². The summed E-state index contributed by atoms with van der Waals surface area (Å²) >= 11 is 3.42. The zero-order valence-corrected chi connectivity index (χ0v) is 10.7. The molecule has 2 aromatic rings. The van der Waals surface area contributed by atoms with Crippen molar-refractivity contribution in [2.45, 2.75) is 19.9 Å². The average Bonchev–Trinajstić information content (AvgIpc) is 2.62. The number of nitrogen functional groups attached to an aromatic ring is 1. The van der Waals surface area contributed by atoms with Crippen molar-refractivity contribution >= 4 is 21.7 Å². The van der Waals surface area contributed by atoms with Gasteiger partial charge in [0.1, 0.15) is 5.82 Å². The Kier molecular flexibility index (Phi) is 3.29. The third-order valence-electron chi connectivity index (χ3n) is 2.49. The molecule has 84 valence electrons. The van der Waals surface area contributed by atoms with Gasteiger partial charge in [0.05, 0.1) is 6.54 Å². The quantitative estimate of drug-likeness (QED) is 0.939. The van der Waals surface area contributed by atoms with Crippen LogP contribution in [-0.2, 0) is 13.0 Å². The Hall–Kier alpha value is -1.29. The summed E-state index contributed by atoms with van der Waals surface area (Å²) in [5.41, 5.74) is 8.08. The first kappa shape index (κ1) is 11.2. The summed E-state index contributed by atoms with van der Waals surface area (Å²) in [6, 6.07) is 10.2. The molecule has 0 aliphatic carbocycles. The highest BCUT2D eigenvalue weighted by Gasteiger charge is 2.04. The van der Waals surface area contributed by atoms with Gasteiger partial charge in [-0.1, -0.05) is 35.0 Å². The van der Waals surface area contributed by atoms with Gasteiger partial charge in [0.15, 0.2) is 0 Å². The molecule has 0 radical (unpaired) electrons. The molecule has 0 unspecified atom stereocenters. The number of aryl methyl sites for hydroxylation is 1. The molecule has 16 heavy (non-hydrogen) atoms. The third kappa shape index (κ3) is 2.44. The Morgan fingerprint density at radius 2 is 2.00 bits per heavy atom. The van der Waals surface area contributed by atoms with Gasteiger partial charge in [-0.2, -0.15) is 5.10 Å².